The number of aromatic nitrogens is 2. The lowest BCUT2D eigenvalue weighted by Crippen LogP contribution is -1.97. The first kappa shape index (κ1) is 8.47. The summed E-state index contributed by atoms with van der Waals surface area (Å²) in [5.74, 6) is -0.897. The monoisotopic (exact) mass is 185 g/mol. The fourth-order valence-electron chi connectivity index (χ4n) is 0.532. The molecule has 0 bridgehead atoms. The predicted octanol–water partition coefficient (Wildman–Crippen LogP) is -0.321. The van der Waals surface area contributed by atoms with E-state index in [1.165, 1.54) is 12.3 Å². The lowest BCUT2D eigenvalue weighted by atomic mass is 10.4. The van der Waals surface area contributed by atoms with Crippen LogP contribution in [0.3, 0.4) is 0 Å². The molecule has 12 heavy (non-hydrogen) atoms. The standard InChI is InChI=1S/C5H3N3O3S/c9-5(8-12(10)11)4-1-2-6-3-7-4/h1-3H. The zero-order chi connectivity index (χ0) is 8.97. The van der Waals surface area contributed by atoms with Crippen molar-refractivity contribution in [2.24, 2.45) is 4.36 Å². The molecule has 0 aliphatic heterocycles. The van der Waals surface area contributed by atoms with Crippen LogP contribution >= 0.6 is 0 Å². The summed E-state index contributed by atoms with van der Waals surface area (Å²) in [5, 5.41) is 0. The Hall–Kier alpha value is -1.63. The molecule has 0 saturated carbocycles. The molecule has 0 aliphatic carbocycles. The van der Waals surface area contributed by atoms with Crippen LogP contribution in [0.25, 0.3) is 0 Å². The number of amides is 1. The van der Waals surface area contributed by atoms with Crippen LogP contribution in [0.15, 0.2) is 23.0 Å². The summed E-state index contributed by atoms with van der Waals surface area (Å²) in [5.41, 5.74) is -0.0470. The van der Waals surface area contributed by atoms with Crippen molar-refractivity contribution < 1.29 is 13.2 Å². The normalized spacial score (nSPS) is 9.00. The van der Waals surface area contributed by atoms with Gasteiger partial charge in [-0.25, -0.2) is 9.97 Å². The van der Waals surface area contributed by atoms with Gasteiger partial charge in [-0.05, 0) is 6.07 Å². The number of hydrogen-bond donors (Lipinski definition) is 0. The molecule has 62 valence electrons. The van der Waals surface area contributed by atoms with Crippen molar-refractivity contribution >= 4 is 16.4 Å². The maximum atomic E-state index is 10.8. The predicted molar refractivity (Wildman–Crippen MR) is 37.7 cm³/mol. The van der Waals surface area contributed by atoms with Crippen LogP contribution < -0.4 is 0 Å². The van der Waals surface area contributed by atoms with Crippen molar-refractivity contribution in [3.63, 3.8) is 0 Å². The van der Waals surface area contributed by atoms with Crippen LogP contribution in [0.1, 0.15) is 10.5 Å². The van der Waals surface area contributed by atoms with Crippen LogP contribution in [0, 0.1) is 0 Å². The topological polar surface area (TPSA) is 89.4 Å². The first-order chi connectivity index (χ1) is 5.70. The highest BCUT2D eigenvalue weighted by atomic mass is 32.2. The summed E-state index contributed by atoms with van der Waals surface area (Å²) in [6.07, 6.45) is 2.46. The van der Waals surface area contributed by atoms with E-state index in [0.717, 1.165) is 6.33 Å². The zero-order valence-corrected chi connectivity index (χ0v) is 6.52. The van der Waals surface area contributed by atoms with E-state index in [-0.39, 0.29) is 5.69 Å². The minimum absolute atomic E-state index is 0.0470. The molecule has 0 aromatic carbocycles. The van der Waals surface area contributed by atoms with Gasteiger partial charge in [-0.1, -0.05) is 4.36 Å². The summed E-state index contributed by atoms with van der Waals surface area (Å²) in [7, 11) is -2.73. The SMILES string of the molecule is O=C(N=S(=O)=O)c1ccncn1. The zero-order valence-electron chi connectivity index (χ0n) is 5.71. The Morgan fingerprint density at radius 2 is 2.25 bits per heavy atom. The molecule has 0 atom stereocenters. The maximum absolute atomic E-state index is 10.8. The number of carbonyl (C=O) groups excluding carboxylic acids is 1. The van der Waals surface area contributed by atoms with Gasteiger partial charge in [0.1, 0.15) is 12.0 Å². The Bertz CT molecular complexity index is 403. The molecule has 0 spiro atoms. The summed E-state index contributed by atoms with van der Waals surface area (Å²) < 4.78 is 22.6. The Labute approximate surface area is 69.0 Å². The van der Waals surface area contributed by atoms with Crippen molar-refractivity contribution in [2.75, 3.05) is 0 Å². The van der Waals surface area contributed by atoms with Gasteiger partial charge in [-0.2, -0.15) is 8.42 Å². The lowest BCUT2D eigenvalue weighted by molar-refractivity contribution is 0.1000. The summed E-state index contributed by atoms with van der Waals surface area (Å²) >= 11 is 0. The van der Waals surface area contributed by atoms with Crippen LogP contribution in [0.2, 0.25) is 0 Å². The highest BCUT2D eigenvalue weighted by Gasteiger charge is 2.03. The van der Waals surface area contributed by atoms with Gasteiger partial charge >= 0.3 is 16.4 Å². The van der Waals surface area contributed by atoms with Crippen molar-refractivity contribution in [3.05, 3.63) is 24.3 Å². The average Bonchev–Trinajstić information content (AvgIpc) is 2.05. The van der Waals surface area contributed by atoms with E-state index in [1.54, 1.807) is 0 Å². The Balaban J connectivity index is 3.02. The van der Waals surface area contributed by atoms with Crippen LogP contribution in [0.4, 0.5) is 0 Å². The minimum Gasteiger partial charge on any atom is -0.264 e. The molecule has 7 heteroatoms. The fourth-order valence-corrected chi connectivity index (χ4v) is 0.761. The molecule has 1 heterocycles. The Morgan fingerprint density at radius 1 is 1.50 bits per heavy atom. The van der Waals surface area contributed by atoms with Gasteiger partial charge in [-0.3, -0.25) is 4.79 Å². The van der Waals surface area contributed by atoms with Gasteiger partial charge in [0.25, 0.3) is 0 Å². The third-order valence-electron chi connectivity index (χ3n) is 0.959. The third kappa shape index (κ3) is 2.20. The summed E-state index contributed by atoms with van der Waals surface area (Å²) in [4.78, 5) is 17.9. The van der Waals surface area contributed by atoms with E-state index >= 15 is 0 Å². The van der Waals surface area contributed by atoms with Gasteiger partial charge in [-0.15, -0.1) is 0 Å². The molecule has 1 aromatic rings. The van der Waals surface area contributed by atoms with Crippen molar-refractivity contribution in [3.8, 4) is 0 Å². The summed E-state index contributed by atoms with van der Waals surface area (Å²) in [6, 6.07) is 1.28. The van der Waals surface area contributed by atoms with Gasteiger partial charge < -0.3 is 0 Å². The van der Waals surface area contributed by atoms with E-state index in [1.807, 2.05) is 0 Å². The average molecular weight is 185 g/mol. The van der Waals surface area contributed by atoms with Crippen molar-refractivity contribution in [1.82, 2.24) is 9.97 Å². The van der Waals surface area contributed by atoms with E-state index in [9.17, 15) is 13.2 Å². The highest BCUT2D eigenvalue weighted by molar-refractivity contribution is 7.62. The van der Waals surface area contributed by atoms with Crippen molar-refractivity contribution in [2.45, 2.75) is 0 Å². The molecule has 1 aromatic heterocycles. The second kappa shape index (κ2) is 3.67. The van der Waals surface area contributed by atoms with E-state index in [4.69, 9.17) is 0 Å². The second-order valence-electron chi connectivity index (χ2n) is 1.71. The molecular weight excluding hydrogens is 182 g/mol. The molecule has 0 aliphatic rings. The minimum atomic E-state index is -2.73. The van der Waals surface area contributed by atoms with Gasteiger partial charge in [0.15, 0.2) is 0 Å². The summed E-state index contributed by atoms with van der Waals surface area (Å²) in [6.45, 7) is 0. The first-order valence-corrected chi connectivity index (χ1v) is 3.85. The van der Waals surface area contributed by atoms with E-state index in [2.05, 4.69) is 14.3 Å². The molecule has 0 unspecified atom stereocenters. The van der Waals surface area contributed by atoms with Crippen LogP contribution in [-0.4, -0.2) is 24.3 Å². The first-order valence-electron chi connectivity index (χ1n) is 2.81. The Morgan fingerprint density at radius 3 is 2.75 bits per heavy atom. The molecular formula is C5H3N3O3S. The molecule has 6 nitrogen and oxygen atoms in total. The highest BCUT2D eigenvalue weighted by Crippen LogP contribution is 1.93. The van der Waals surface area contributed by atoms with Gasteiger partial charge in [0.2, 0.25) is 0 Å². The quantitative estimate of drug-likeness (QED) is 0.598. The number of rotatable bonds is 1. The van der Waals surface area contributed by atoms with Crippen molar-refractivity contribution in [1.29, 1.82) is 0 Å². The molecule has 1 amide bonds. The van der Waals surface area contributed by atoms with E-state index in [0.29, 0.717) is 0 Å². The molecule has 0 fully saturated rings. The fraction of sp³-hybridized carbons (Fsp3) is 0. The third-order valence-corrected chi connectivity index (χ3v) is 1.27. The van der Waals surface area contributed by atoms with Crippen LogP contribution in [-0.2, 0) is 10.5 Å². The number of nitrogens with zero attached hydrogens (tertiary/aromatic N) is 3. The van der Waals surface area contributed by atoms with Gasteiger partial charge in [0.05, 0.1) is 0 Å². The van der Waals surface area contributed by atoms with Gasteiger partial charge in [0, 0.05) is 6.20 Å². The lowest BCUT2D eigenvalue weighted by Gasteiger charge is -1.87. The maximum Gasteiger partial charge on any atom is 0.319 e. The number of carbonyl (C=O) groups is 1. The smallest absolute Gasteiger partial charge is 0.264 e. The number of hydrogen-bond acceptors (Lipinski definition) is 5. The molecule has 0 N–H and O–H groups in total. The van der Waals surface area contributed by atoms with E-state index < -0.39 is 16.4 Å². The molecule has 1 rings (SSSR count). The van der Waals surface area contributed by atoms with Crippen LogP contribution in [0.5, 0.6) is 0 Å². The molecule has 0 saturated heterocycles. The molecule has 0 radical (unpaired) electrons. The Kier molecular flexibility index (Phi) is 2.59. The largest absolute Gasteiger partial charge is 0.319 e. The second-order valence-corrected chi connectivity index (χ2v) is 2.32.